The minimum Gasteiger partial charge on any atom is -0.381 e. The topological polar surface area (TPSA) is 80.8 Å². The van der Waals surface area contributed by atoms with Gasteiger partial charge in [0, 0.05) is 35.0 Å². The SMILES string of the molecule is Nc1nc(N2CCC3(CC2)Cc2nc(Cl)sc2C3)cnc1Sc1ccnc(C2CC2)c1Cl. The first-order valence-corrected chi connectivity index (χ1v) is 13.2. The molecule has 0 atom stereocenters. The highest BCUT2D eigenvalue weighted by molar-refractivity contribution is 7.99. The second-order valence-electron chi connectivity index (χ2n) is 8.98. The van der Waals surface area contributed by atoms with Gasteiger partial charge in [0.05, 0.1) is 22.6 Å². The molecule has 3 aromatic heterocycles. The zero-order valence-corrected chi connectivity index (χ0v) is 20.5. The van der Waals surface area contributed by atoms with Gasteiger partial charge in [-0.05, 0) is 50.0 Å². The van der Waals surface area contributed by atoms with Gasteiger partial charge < -0.3 is 10.6 Å². The van der Waals surface area contributed by atoms with Crippen molar-refractivity contribution in [2.45, 2.75) is 54.4 Å². The molecule has 0 amide bonds. The molecule has 0 radical (unpaired) electrons. The standard InChI is InChI=1S/C22H22Cl2N6S2/c23-17-14(3-6-26-18(17)12-1-2-12)31-20-19(25)29-16(11-27-20)30-7-4-22(5-8-30)9-13-15(10-22)32-21(24)28-13/h3,6,11-12H,1-2,4-5,7-10H2,(H2,25,29). The molecule has 0 aromatic carbocycles. The normalized spacial score (nSPS) is 19.5. The summed E-state index contributed by atoms with van der Waals surface area (Å²) < 4.78 is 0.669. The van der Waals surface area contributed by atoms with Gasteiger partial charge >= 0.3 is 0 Å². The van der Waals surface area contributed by atoms with E-state index in [2.05, 4.69) is 24.8 Å². The van der Waals surface area contributed by atoms with Crippen LogP contribution in [0.3, 0.4) is 0 Å². The van der Waals surface area contributed by atoms with Crippen LogP contribution in [0.1, 0.15) is 47.9 Å². The fraction of sp³-hybridized carbons (Fsp3) is 0.455. The molecule has 6 nitrogen and oxygen atoms in total. The Bertz CT molecular complexity index is 1160. The summed E-state index contributed by atoms with van der Waals surface area (Å²) in [6.45, 7) is 1.90. The molecule has 166 valence electrons. The van der Waals surface area contributed by atoms with Gasteiger partial charge in [0.25, 0.3) is 0 Å². The Kier molecular flexibility index (Phi) is 5.24. The lowest BCUT2D eigenvalue weighted by atomic mass is 9.76. The van der Waals surface area contributed by atoms with Crippen LogP contribution >= 0.6 is 46.3 Å². The molecule has 32 heavy (non-hydrogen) atoms. The van der Waals surface area contributed by atoms with Crippen molar-refractivity contribution in [3.05, 3.63) is 44.2 Å². The number of hydrogen-bond acceptors (Lipinski definition) is 8. The third-order valence-electron chi connectivity index (χ3n) is 6.78. The van der Waals surface area contributed by atoms with Gasteiger partial charge in [-0.1, -0.05) is 35.0 Å². The summed E-state index contributed by atoms with van der Waals surface area (Å²) in [6.07, 6.45) is 10.3. The van der Waals surface area contributed by atoms with Crippen LogP contribution in [-0.4, -0.2) is 33.0 Å². The van der Waals surface area contributed by atoms with E-state index in [1.807, 2.05) is 18.5 Å². The highest BCUT2D eigenvalue weighted by Crippen LogP contribution is 2.48. The Labute approximate surface area is 205 Å². The molecule has 1 saturated carbocycles. The first-order chi connectivity index (χ1) is 15.5. The van der Waals surface area contributed by atoms with E-state index in [4.69, 9.17) is 28.9 Å². The van der Waals surface area contributed by atoms with E-state index in [1.165, 1.54) is 22.3 Å². The van der Waals surface area contributed by atoms with Crippen LogP contribution < -0.4 is 10.6 Å². The largest absolute Gasteiger partial charge is 0.381 e. The number of halogens is 2. The Balaban J connectivity index is 1.14. The molecule has 4 heterocycles. The van der Waals surface area contributed by atoms with Crippen LogP contribution in [0.5, 0.6) is 0 Å². The number of nitrogens with zero attached hydrogens (tertiary/aromatic N) is 5. The Hall–Kier alpha value is -1.61. The number of nitrogens with two attached hydrogens (primary N) is 1. The van der Waals surface area contributed by atoms with E-state index in [-0.39, 0.29) is 0 Å². The number of thiazole rings is 1. The van der Waals surface area contributed by atoms with Crippen molar-refractivity contribution in [3.8, 4) is 0 Å². The highest BCUT2D eigenvalue weighted by atomic mass is 35.5. The molecule has 0 bridgehead atoms. The molecule has 6 rings (SSSR count). The summed E-state index contributed by atoms with van der Waals surface area (Å²) in [5.41, 5.74) is 8.82. The van der Waals surface area contributed by atoms with Gasteiger partial charge in [-0.3, -0.25) is 4.98 Å². The van der Waals surface area contributed by atoms with Crippen LogP contribution in [0, 0.1) is 5.41 Å². The predicted molar refractivity (Wildman–Crippen MR) is 130 cm³/mol. The van der Waals surface area contributed by atoms with Crippen molar-refractivity contribution >= 4 is 57.9 Å². The van der Waals surface area contributed by atoms with Crippen molar-refractivity contribution in [1.29, 1.82) is 0 Å². The monoisotopic (exact) mass is 504 g/mol. The molecule has 10 heteroatoms. The third kappa shape index (κ3) is 3.85. The fourth-order valence-corrected chi connectivity index (χ4v) is 7.35. The van der Waals surface area contributed by atoms with Crippen molar-refractivity contribution in [3.63, 3.8) is 0 Å². The van der Waals surface area contributed by atoms with E-state index in [0.717, 1.165) is 68.0 Å². The Morgan fingerprint density at radius 3 is 2.66 bits per heavy atom. The fourth-order valence-electron chi connectivity index (χ4n) is 4.83. The average molecular weight is 506 g/mol. The Morgan fingerprint density at radius 2 is 1.94 bits per heavy atom. The van der Waals surface area contributed by atoms with Crippen molar-refractivity contribution in [2.24, 2.45) is 5.41 Å². The van der Waals surface area contributed by atoms with Crippen LogP contribution in [-0.2, 0) is 12.8 Å². The lowest BCUT2D eigenvalue weighted by Gasteiger charge is -2.39. The summed E-state index contributed by atoms with van der Waals surface area (Å²) in [5.74, 6) is 1.78. The van der Waals surface area contributed by atoms with Gasteiger partial charge in [0.2, 0.25) is 0 Å². The van der Waals surface area contributed by atoms with E-state index in [1.54, 1.807) is 11.3 Å². The van der Waals surface area contributed by atoms with Crippen LogP contribution in [0.25, 0.3) is 0 Å². The molecular formula is C22H22Cl2N6S2. The molecule has 1 saturated heterocycles. The van der Waals surface area contributed by atoms with E-state index >= 15 is 0 Å². The first-order valence-electron chi connectivity index (χ1n) is 10.8. The van der Waals surface area contributed by atoms with Crippen molar-refractivity contribution < 1.29 is 0 Å². The number of hydrogen-bond donors (Lipinski definition) is 1. The van der Waals surface area contributed by atoms with Crippen molar-refractivity contribution in [1.82, 2.24) is 19.9 Å². The first kappa shape index (κ1) is 21.0. The molecule has 3 aromatic rings. The van der Waals surface area contributed by atoms with Gasteiger partial charge in [-0.25, -0.2) is 15.0 Å². The smallest absolute Gasteiger partial charge is 0.184 e. The van der Waals surface area contributed by atoms with Gasteiger partial charge in [-0.15, -0.1) is 11.3 Å². The number of pyridine rings is 1. The molecule has 3 aliphatic rings. The summed E-state index contributed by atoms with van der Waals surface area (Å²) in [4.78, 5) is 22.9. The lowest BCUT2D eigenvalue weighted by Crippen LogP contribution is -2.41. The molecule has 1 aliphatic heterocycles. The van der Waals surface area contributed by atoms with E-state index < -0.39 is 0 Å². The van der Waals surface area contributed by atoms with Gasteiger partial charge in [-0.2, -0.15) is 0 Å². The highest BCUT2D eigenvalue weighted by Gasteiger charge is 2.42. The maximum absolute atomic E-state index is 6.60. The number of piperidine rings is 1. The Morgan fingerprint density at radius 1 is 1.12 bits per heavy atom. The number of aromatic nitrogens is 4. The number of anilines is 2. The predicted octanol–water partition coefficient (Wildman–Crippen LogP) is 5.63. The average Bonchev–Trinajstić information content (AvgIpc) is 3.49. The minimum atomic E-state index is 0.321. The number of fused-ring (bicyclic) bond motifs is 1. The molecule has 2 N–H and O–H groups in total. The second kappa shape index (κ2) is 8.01. The summed E-state index contributed by atoms with van der Waals surface area (Å²) >= 11 is 15.8. The molecule has 2 fully saturated rings. The van der Waals surface area contributed by atoms with E-state index in [9.17, 15) is 0 Å². The zero-order chi connectivity index (χ0) is 21.9. The van der Waals surface area contributed by atoms with Crippen LogP contribution in [0.15, 0.2) is 28.4 Å². The summed E-state index contributed by atoms with van der Waals surface area (Å²) in [6, 6.07) is 1.92. The van der Waals surface area contributed by atoms with Gasteiger partial charge in [0.1, 0.15) is 10.8 Å². The van der Waals surface area contributed by atoms with Crippen LogP contribution in [0.2, 0.25) is 9.49 Å². The maximum Gasteiger partial charge on any atom is 0.184 e. The molecule has 0 unspecified atom stereocenters. The number of nitrogen functional groups attached to an aromatic ring is 1. The zero-order valence-electron chi connectivity index (χ0n) is 17.4. The lowest BCUT2D eigenvalue weighted by molar-refractivity contribution is 0.231. The molecular weight excluding hydrogens is 483 g/mol. The van der Waals surface area contributed by atoms with Gasteiger partial charge in [0.15, 0.2) is 10.3 Å². The number of rotatable bonds is 4. The minimum absolute atomic E-state index is 0.321. The third-order valence-corrected chi connectivity index (χ3v) is 9.56. The summed E-state index contributed by atoms with van der Waals surface area (Å²) in [5, 5.41) is 1.40. The molecule has 1 spiro atoms. The second-order valence-corrected chi connectivity index (χ2v) is 12.1. The van der Waals surface area contributed by atoms with E-state index in [0.29, 0.717) is 31.7 Å². The van der Waals surface area contributed by atoms with Crippen LogP contribution in [0.4, 0.5) is 11.6 Å². The molecule has 2 aliphatic carbocycles. The quantitative estimate of drug-likeness (QED) is 0.492. The van der Waals surface area contributed by atoms with Crippen molar-refractivity contribution in [2.75, 3.05) is 23.7 Å². The summed E-state index contributed by atoms with van der Waals surface area (Å²) in [7, 11) is 0. The maximum atomic E-state index is 6.60.